The van der Waals surface area contributed by atoms with Crippen LogP contribution < -0.4 is 5.32 Å². The summed E-state index contributed by atoms with van der Waals surface area (Å²) in [5, 5.41) is 3.39. The van der Waals surface area contributed by atoms with Crippen molar-refractivity contribution in [2.75, 3.05) is 60.5 Å². The molecule has 148 valence electrons. The number of carbonyl (C=O) groups excluding carboxylic acids is 1. The molecule has 0 spiro atoms. The zero-order valence-electron chi connectivity index (χ0n) is 16.6. The van der Waals surface area contributed by atoms with Gasteiger partial charge in [0.05, 0.1) is 6.61 Å². The number of nitrogens with one attached hydrogen (secondary N) is 1. The molecule has 0 aromatic rings. The van der Waals surface area contributed by atoms with E-state index in [1.165, 1.54) is 38.6 Å². The Hall–Kier alpha value is -1.34. The Kier molecular flexibility index (Phi) is 6.75. The number of likely N-dealkylation sites (N-methyl/N-ethyl adjacent to an activating group) is 1. The highest BCUT2D eigenvalue weighted by Crippen LogP contribution is 2.38. The standard InChI is InChI=1S/C19H35N5O2/c1-22(2)18(25)13-21-19(20-9-12-26-3)23-11-8-17-15(14-23)5-4-10-24(17)16-6-7-16/h15-17H,4-14H2,1-3H3,(H,20,21). The fourth-order valence-corrected chi connectivity index (χ4v) is 4.31. The van der Waals surface area contributed by atoms with Crippen LogP contribution in [0.4, 0.5) is 0 Å². The Morgan fingerprint density at radius 3 is 2.73 bits per heavy atom. The molecule has 0 radical (unpaired) electrons. The first-order valence-corrected chi connectivity index (χ1v) is 10.1. The molecule has 2 atom stereocenters. The molecule has 7 heteroatoms. The van der Waals surface area contributed by atoms with Crippen molar-refractivity contribution >= 4 is 11.9 Å². The Morgan fingerprint density at radius 1 is 1.23 bits per heavy atom. The Bertz CT molecular complexity index is 506. The maximum absolute atomic E-state index is 12.0. The zero-order valence-corrected chi connectivity index (χ0v) is 16.6. The van der Waals surface area contributed by atoms with Crippen molar-refractivity contribution in [3.8, 4) is 0 Å². The quantitative estimate of drug-likeness (QED) is 0.425. The number of ether oxygens (including phenoxy) is 1. The molecule has 0 aromatic heterocycles. The molecule has 2 saturated heterocycles. The van der Waals surface area contributed by atoms with E-state index in [1.807, 2.05) is 0 Å². The highest BCUT2D eigenvalue weighted by Gasteiger charge is 2.42. The molecule has 1 amide bonds. The first-order valence-electron chi connectivity index (χ1n) is 10.1. The number of rotatable bonds is 6. The van der Waals surface area contributed by atoms with E-state index in [9.17, 15) is 4.79 Å². The number of hydrogen-bond acceptors (Lipinski definition) is 4. The summed E-state index contributed by atoms with van der Waals surface area (Å²) in [7, 11) is 5.25. The molecule has 3 fully saturated rings. The van der Waals surface area contributed by atoms with Gasteiger partial charge in [-0.15, -0.1) is 0 Å². The summed E-state index contributed by atoms with van der Waals surface area (Å²) in [6.45, 7) is 4.89. The summed E-state index contributed by atoms with van der Waals surface area (Å²) in [6.07, 6.45) is 6.62. The van der Waals surface area contributed by atoms with Crippen LogP contribution in [0.3, 0.4) is 0 Å². The average Bonchev–Trinajstić information content (AvgIpc) is 3.48. The summed E-state index contributed by atoms with van der Waals surface area (Å²) >= 11 is 0. The van der Waals surface area contributed by atoms with Crippen molar-refractivity contribution in [2.45, 2.75) is 44.2 Å². The van der Waals surface area contributed by atoms with E-state index >= 15 is 0 Å². The molecule has 1 aliphatic carbocycles. The first kappa shape index (κ1) is 19.4. The summed E-state index contributed by atoms with van der Waals surface area (Å²) < 4.78 is 5.16. The van der Waals surface area contributed by atoms with Crippen LogP contribution in [0.5, 0.6) is 0 Å². The molecule has 0 aromatic carbocycles. The molecule has 3 aliphatic rings. The van der Waals surface area contributed by atoms with E-state index in [0.717, 1.165) is 37.1 Å². The van der Waals surface area contributed by atoms with Gasteiger partial charge in [-0.05, 0) is 44.6 Å². The lowest BCUT2D eigenvalue weighted by Gasteiger charge is -2.48. The van der Waals surface area contributed by atoms with Gasteiger partial charge in [0.25, 0.3) is 0 Å². The topological polar surface area (TPSA) is 60.4 Å². The van der Waals surface area contributed by atoms with Crippen LogP contribution in [0, 0.1) is 5.92 Å². The van der Waals surface area contributed by atoms with Crippen LogP contribution in [-0.4, -0.2) is 99.2 Å². The summed E-state index contributed by atoms with van der Waals surface area (Å²) in [6, 6.07) is 1.61. The van der Waals surface area contributed by atoms with Crippen molar-refractivity contribution in [3.63, 3.8) is 0 Å². The number of aliphatic imine (C=N–C) groups is 1. The van der Waals surface area contributed by atoms with Crippen LogP contribution in [0.25, 0.3) is 0 Å². The smallest absolute Gasteiger partial charge is 0.243 e. The van der Waals surface area contributed by atoms with Gasteiger partial charge in [0.15, 0.2) is 5.96 Å². The van der Waals surface area contributed by atoms with Crippen molar-refractivity contribution in [2.24, 2.45) is 10.9 Å². The highest BCUT2D eigenvalue weighted by molar-refractivity contribution is 5.85. The van der Waals surface area contributed by atoms with Crippen molar-refractivity contribution in [3.05, 3.63) is 0 Å². The van der Waals surface area contributed by atoms with Crippen LogP contribution >= 0.6 is 0 Å². The highest BCUT2D eigenvalue weighted by atomic mass is 16.5. The molecule has 3 rings (SSSR count). The minimum Gasteiger partial charge on any atom is -0.383 e. The maximum Gasteiger partial charge on any atom is 0.243 e. The second kappa shape index (κ2) is 9.04. The normalized spacial score (nSPS) is 27.2. The SMILES string of the molecule is COCCNC(=NCC(=O)N(C)C)N1CCC2C(CCCN2C2CC2)C1. The third-order valence-electron chi connectivity index (χ3n) is 5.88. The summed E-state index contributed by atoms with van der Waals surface area (Å²) in [4.78, 5) is 23.3. The van der Waals surface area contributed by atoms with E-state index in [0.29, 0.717) is 13.2 Å². The van der Waals surface area contributed by atoms with Gasteiger partial charge in [0.2, 0.25) is 5.91 Å². The summed E-state index contributed by atoms with van der Waals surface area (Å²) in [5.41, 5.74) is 0. The number of likely N-dealkylation sites (tertiary alicyclic amines) is 2. The largest absolute Gasteiger partial charge is 0.383 e. The van der Waals surface area contributed by atoms with Crippen molar-refractivity contribution < 1.29 is 9.53 Å². The van der Waals surface area contributed by atoms with Gasteiger partial charge in [-0.2, -0.15) is 0 Å². The number of hydrogen-bond donors (Lipinski definition) is 1. The maximum atomic E-state index is 12.0. The molecule has 26 heavy (non-hydrogen) atoms. The first-order chi connectivity index (χ1) is 12.6. The van der Waals surface area contributed by atoms with Gasteiger partial charge in [-0.3, -0.25) is 9.69 Å². The van der Waals surface area contributed by atoms with E-state index in [4.69, 9.17) is 4.74 Å². The van der Waals surface area contributed by atoms with Gasteiger partial charge in [-0.25, -0.2) is 4.99 Å². The number of piperidine rings is 2. The monoisotopic (exact) mass is 365 g/mol. The number of guanidine groups is 1. The molecule has 1 saturated carbocycles. The molecular weight excluding hydrogens is 330 g/mol. The van der Waals surface area contributed by atoms with Gasteiger partial charge < -0.3 is 19.9 Å². The lowest BCUT2D eigenvalue weighted by atomic mass is 9.83. The third-order valence-corrected chi connectivity index (χ3v) is 5.88. The predicted octanol–water partition coefficient (Wildman–Crippen LogP) is 0.615. The third kappa shape index (κ3) is 4.88. The van der Waals surface area contributed by atoms with Gasteiger partial charge in [0.1, 0.15) is 6.54 Å². The number of amides is 1. The second-order valence-corrected chi connectivity index (χ2v) is 8.02. The molecule has 7 nitrogen and oxygen atoms in total. The number of methoxy groups -OCH3 is 1. The number of carbonyl (C=O) groups is 1. The predicted molar refractivity (Wildman–Crippen MR) is 103 cm³/mol. The lowest BCUT2D eigenvalue weighted by Crippen LogP contribution is -2.57. The Morgan fingerprint density at radius 2 is 2.04 bits per heavy atom. The Labute approximate surface area is 157 Å². The van der Waals surface area contributed by atoms with Crippen LogP contribution in [0.15, 0.2) is 4.99 Å². The van der Waals surface area contributed by atoms with Crippen LogP contribution in [0.1, 0.15) is 32.1 Å². The summed E-state index contributed by atoms with van der Waals surface area (Å²) in [5.74, 6) is 1.61. The van der Waals surface area contributed by atoms with E-state index < -0.39 is 0 Å². The zero-order chi connectivity index (χ0) is 18.5. The minimum absolute atomic E-state index is 0.0310. The van der Waals surface area contributed by atoms with E-state index in [2.05, 4.69) is 20.1 Å². The molecule has 0 bridgehead atoms. The van der Waals surface area contributed by atoms with Crippen LogP contribution in [0.2, 0.25) is 0 Å². The minimum atomic E-state index is 0.0310. The van der Waals surface area contributed by atoms with E-state index in [1.54, 1.807) is 26.1 Å². The fraction of sp³-hybridized carbons (Fsp3) is 0.895. The molecule has 1 N–H and O–H groups in total. The van der Waals surface area contributed by atoms with Gasteiger partial charge >= 0.3 is 0 Å². The van der Waals surface area contributed by atoms with E-state index in [-0.39, 0.29) is 12.5 Å². The fourth-order valence-electron chi connectivity index (χ4n) is 4.31. The van der Waals surface area contributed by atoms with Crippen molar-refractivity contribution in [1.29, 1.82) is 0 Å². The average molecular weight is 366 g/mol. The molecule has 2 unspecified atom stereocenters. The molecular formula is C19H35N5O2. The number of nitrogens with zero attached hydrogens (tertiary/aromatic N) is 4. The van der Waals surface area contributed by atoms with Crippen molar-refractivity contribution in [1.82, 2.24) is 20.0 Å². The molecule has 2 aliphatic heterocycles. The van der Waals surface area contributed by atoms with Gasteiger partial charge in [0, 0.05) is 52.9 Å². The van der Waals surface area contributed by atoms with Gasteiger partial charge in [-0.1, -0.05) is 0 Å². The number of fused-ring (bicyclic) bond motifs is 1. The Balaban J connectivity index is 1.62. The second-order valence-electron chi connectivity index (χ2n) is 8.02. The molecule has 2 heterocycles. The lowest BCUT2D eigenvalue weighted by molar-refractivity contribution is -0.127. The van der Waals surface area contributed by atoms with Crippen LogP contribution in [-0.2, 0) is 9.53 Å².